The molecule has 1 rings (SSSR count). The second-order valence-corrected chi connectivity index (χ2v) is 3.57. The number of benzene rings is 1. The van der Waals surface area contributed by atoms with Crippen molar-refractivity contribution in [3.63, 3.8) is 0 Å². The minimum Gasteiger partial charge on any atom is -0.480 e. The van der Waals surface area contributed by atoms with Gasteiger partial charge < -0.3 is 10.4 Å². The van der Waals surface area contributed by atoms with Crippen LogP contribution >= 0.6 is 0 Å². The molecule has 3 heteroatoms. The van der Waals surface area contributed by atoms with Crippen molar-refractivity contribution in [1.29, 1.82) is 0 Å². The third kappa shape index (κ3) is 2.76. The van der Waals surface area contributed by atoms with Crippen molar-refractivity contribution in [2.75, 3.05) is 5.32 Å². The van der Waals surface area contributed by atoms with E-state index in [2.05, 4.69) is 5.32 Å². The lowest BCUT2D eigenvalue weighted by atomic mass is 10.0. The largest absolute Gasteiger partial charge is 0.480 e. The molecule has 1 unspecified atom stereocenters. The van der Waals surface area contributed by atoms with Crippen molar-refractivity contribution >= 4 is 11.7 Å². The molecular weight excluding hydrogens is 178 g/mol. The van der Waals surface area contributed by atoms with Gasteiger partial charge in [-0.25, -0.2) is 4.79 Å². The topological polar surface area (TPSA) is 49.3 Å². The maximum atomic E-state index is 10.9. The second-order valence-electron chi connectivity index (χ2n) is 3.57. The molecule has 0 aliphatic rings. The monoisotopic (exact) mass is 193 g/mol. The molecule has 0 heterocycles. The summed E-state index contributed by atoms with van der Waals surface area (Å²) >= 11 is 0. The average Bonchev–Trinajstić information content (AvgIpc) is 2.15. The molecule has 1 aromatic carbocycles. The van der Waals surface area contributed by atoms with E-state index in [1.54, 1.807) is 0 Å². The fourth-order valence-electron chi connectivity index (χ4n) is 1.23. The standard InChI is InChI=1S/C11H15NO2/c1-8(2)10(11(13)14)12-9-6-4-3-5-7-9/h3-8,10,12H,1-2H3,(H,13,14). The Bertz CT molecular complexity index is 295. The summed E-state index contributed by atoms with van der Waals surface area (Å²) in [5.74, 6) is -0.753. The summed E-state index contributed by atoms with van der Waals surface area (Å²) in [5.41, 5.74) is 0.841. The fraction of sp³-hybridized carbons (Fsp3) is 0.364. The Morgan fingerprint density at radius 2 is 1.86 bits per heavy atom. The van der Waals surface area contributed by atoms with Gasteiger partial charge in [0.1, 0.15) is 6.04 Å². The molecular formula is C11H15NO2. The Morgan fingerprint density at radius 1 is 1.29 bits per heavy atom. The number of anilines is 1. The smallest absolute Gasteiger partial charge is 0.326 e. The number of carbonyl (C=O) groups is 1. The van der Waals surface area contributed by atoms with Crippen LogP contribution in [0.5, 0.6) is 0 Å². The average molecular weight is 193 g/mol. The van der Waals surface area contributed by atoms with Gasteiger partial charge >= 0.3 is 5.97 Å². The van der Waals surface area contributed by atoms with Crippen LogP contribution < -0.4 is 5.32 Å². The molecule has 0 fully saturated rings. The molecule has 3 nitrogen and oxygen atoms in total. The van der Waals surface area contributed by atoms with Gasteiger partial charge in [0, 0.05) is 5.69 Å². The lowest BCUT2D eigenvalue weighted by Crippen LogP contribution is -2.34. The van der Waals surface area contributed by atoms with Gasteiger partial charge in [-0.05, 0) is 18.1 Å². The molecule has 14 heavy (non-hydrogen) atoms. The van der Waals surface area contributed by atoms with Gasteiger partial charge in [0.05, 0.1) is 0 Å². The van der Waals surface area contributed by atoms with Crippen molar-refractivity contribution in [2.24, 2.45) is 5.92 Å². The Labute approximate surface area is 83.8 Å². The van der Waals surface area contributed by atoms with Crippen LogP contribution in [0.4, 0.5) is 5.69 Å². The molecule has 1 atom stereocenters. The highest BCUT2D eigenvalue weighted by atomic mass is 16.4. The van der Waals surface area contributed by atoms with E-state index in [4.69, 9.17) is 5.11 Å². The van der Waals surface area contributed by atoms with E-state index in [1.165, 1.54) is 0 Å². The van der Waals surface area contributed by atoms with Gasteiger partial charge in [-0.1, -0.05) is 32.0 Å². The summed E-state index contributed by atoms with van der Waals surface area (Å²) in [6, 6.07) is 8.84. The highest BCUT2D eigenvalue weighted by Gasteiger charge is 2.20. The molecule has 0 spiro atoms. The fourth-order valence-corrected chi connectivity index (χ4v) is 1.23. The van der Waals surface area contributed by atoms with E-state index in [-0.39, 0.29) is 5.92 Å². The summed E-state index contributed by atoms with van der Waals surface area (Å²) < 4.78 is 0. The zero-order valence-corrected chi connectivity index (χ0v) is 8.40. The number of aliphatic carboxylic acids is 1. The summed E-state index contributed by atoms with van der Waals surface area (Å²) in [6.07, 6.45) is 0. The molecule has 0 saturated heterocycles. The summed E-state index contributed by atoms with van der Waals surface area (Å²) in [4.78, 5) is 10.9. The number of carboxylic acids is 1. The quantitative estimate of drug-likeness (QED) is 0.770. The molecule has 76 valence electrons. The lowest BCUT2D eigenvalue weighted by Gasteiger charge is -2.18. The molecule has 0 aromatic heterocycles. The van der Waals surface area contributed by atoms with Gasteiger partial charge in [-0.3, -0.25) is 0 Å². The van der Waals surface area contributed by atoms with E-state index < -0.39 is 12.0 Å². The third-order valence-corrected chi connectivity index (χ3v) is 2.03. The first-order chi connectivity index (χ1) is 6.61. The molecule has 0 amide bonds. The van der Waals surface area contributed by atoms with Crippen LogP contribution in [0.25, 0.3) is 0 Å². The van der Waals surface area contributed by atoms with Gasteiger partial charge in [-0.15, -0.1) is 0 Å². The van der Waals surface area contributed by atoms with E-state index in [1.807, 2.05) is 44.2 Å². The molecule has 0 radical (unpaired) electrons. The van der Waals surface area contributed by atoms with E-state index in [0.29, 0.717) is 0 Å². The van der Waals surface area contributed by atoms with Crippen LogP contribution in [0, 0.1) is 5.92 Å². The van der Waals surface area contributed by atoms with Crippen LogP contribution in [-0.4, -0.2) is 17.1 Å². The lowest BCUT2D eigenvalue weighted by molar-refractivity contribution is -0.138. The Morgan fingerprint density at radius 3 is 2.29 bits per heavy atom. The van der Waals surface area contributed by atoms with Crippen molar-refractivity contribution in [3.05, 3.63) is 30.3 Å². The zero-order chi connectivity index (χ0) is 10.6. The predicted octanol–water partition coefficient (Wildman–Crippen LogP) is 2.21. The first-order valence-electron chi connectivity index (χ1n) is 4.65. The van der Waals surface area contributed by atoms with Crippen molar-refractivity contribution in [2.45, 2.75) is 19.9 Å². The molecule has 2 N–H and O–H groups in total. The SMILES string of the molecule is CC(C)C(Nc1ccccc1)C(=O)O. The first kappa shape index (κ1) is 10.6. The van der Waals surface area contributed by atoms with Crippen LogP contribution in [0.3, 0.4) is 0 Å². The van der Waals surface area contributed by atoms with Crippen LogP contribution in [0.15, 0.2) is 30.3 Å². The Balaban J connectivity index is 2.70. The summed E-state index contributed by atoms with van der Waals surface area (Å²) in [5, 5.41) is 11.9. The molecule has 0 bridgehead atoms. The predicted molar refractivity (Wildman–Crippen MR) is 56.3 cm³/mol. The van der Waals surface area contributed by atoms with E-state index in [9.17, 15) is 4.79 Å². The van der Waals surface area contributed by atoms with Crippen LogP contribution in [0.1, 0.15) is 13.8 Å². The highest BCUT2D eigenvalue weighted by molar-refractivity contribution is 5.77. The summed E-state index contributed by atoms with van der Waals surface area (Å²) in [7, 11) is 0. The minimum absolute atomic E-state index is 0.0627. The minimum atomic E-state index is -0.816. The highest BCUT2D eigenvalue weighted by Crippen LogP contribution is 2.12. The van der Waals surface area contributed by atoms with Crippen molar-refractivity contribution < 1.29 is 9.90 Å². The maximum Gasteiger partial charge on any atom is 0.326 e. The number of para-hydroxylation sites is 1. The maximum absolute atomic E-state index is 10.9. The number of nitrogens with one attached hydrogen (secondary N) is 1. The van der Waals surface area contributed by atoms with Gasteiger partial charge in [0.25, 0.3) is 0 Å². The number of hydrogen-bond acceptors (Lipinski definition) is 2. The summed E-state index contributed by atoms with van der Waals surface area (Å²) in [6.45, 7) is 3.77. The second kappa shape index (κ2) is 4.65. The number of hydrogen-bond donors (Lipinski definition) is 2. The normalized spacial score (nSPS) is 12.5. The Hall–Kier alpha value is -1.51. The molecule has 0 aliphatic carbocycles. The van der Waals surface area contributed by atoms with Crippen LogP contribution in [-0.2, 0) is 4.79 Å². The first-order valence-corrected chi connectivity index (χ1v) is 4.65. The molecule has 0 saturated carbocycles. The van der Waals surface area contributed by atoms with Gasteiger partial charge in [0.15, 0.2) is 0 Å². The Kier molecular flexibility index (Phi) is 3.51. The van der Waals surface area contributed by atoms with Crippen LogP contribution in [0.2, 0.25) is 0 Å². The van der Waals surface area contributed by atoms with E-state index >= 15 is 0 Å². The third-order valence-electron chi connectivity index (χ3n) is 2.03. The number of rotatable bonds is 4. The van der Waals surface area contributed by atoms with Crippen molar-refractivity contribution in [1.82, 2.24) is 0 Å². The van der Waals surface area contributed by atoms with Crippen molar-refractivity contribution in [3.8, 4) is 0 Å². The van der Waals surface area contributed by atoms with E-state index in [0.717, 1.165) is 5.69 Å². The van der Waals surface area contributed by atoms with Gasteiger partial charge in [0.2, 0.25) is 0 Å². The molecule has 1 aromatic rings. The molecule has 0 aliphatic heterocycles. The van der Waals surface area contributed by atoms with Gasteiger partial charge in [-0.2, -0.15) is 0 Å². The zero-order valence-electron chi connectivity index (χ0n) is 8.40. The number of carboxylic acid groups (broad SMARTS) is 1.